The summed E-state index contributed by atoms with van der Waals surface area (Å²) in [6.07, 6.45) is 0. The van der Waals surface area contributed by atoms with Crippen LogP contribution in [0.3, 0.4) is 0 Å². The van der Waals surface area contributed by atoms with Crippen LogP contribution in [0, 0.1) is 11.6 Å². The summed E-state index contributed by atoms with van der Waals surface area (Å²) in [6.45, 7) is 0.798. The van der Waals surface area contributed by atoms with Gasteiger partial charge in [-0.05, 0) is 36.8 Å². The van der Waals surface area contributed by atoms with Crippen molar-refractivity contribution in [3.05, 3.63) is 64.7 Å². The molecule has 0 spiro atoms. The number of anilines is 1. The number of para-hydroxylation sites is 1. The molecule has 140 valence electrons. The Morgan fingerprint density at radius 2 is 1.74 bits per heavy atom. The molecule has 3 rings (SSSR count). The van der Waals surface area contributed by atoms with Gasteiger partial charge in [0.1, 0.15) is 29.4 Å². The Morgan fingerprint density at radius 3 is 2.33 bits per heavy atom. The third-order valence-electron chi connectivity index (χ3n) is 4.23. The number of urea groups is 1. The van der Waals surface area contributed by atoms with Crippen molar-refractivity contribution >= 4 is 35.1 Å². The highest BCUT2D eigenvalue weighted by Gasteiger charge is 2.49. The lowest BCUT2D eigenvalue weighted by molar-refractivity contribution is -0.133. The third-order valence-corrected chi connectivity index (χ3v) is 4.48. The zero-order valence-electron chi connectivity index (χ0n) is 14.1. The van der Waals surface area contributed by atoms with Crippen molar-refractivity contribution in [1.29, 1.82) is 0 Å². The van der Waals surface area contributed by atoms with E-state index in [1.807, 2.05) is 5.32 Å². The number of imide groups is 1. The van der Waals surface area contributed by atoms with Crippen LogP contribution >= 0.6 is 11.6 Å². The molecule has 1 aliphatic rings. The van der Waals surface area contributed by atoms with E-state index in [-0.39, 0.29) is 0 Å². The van der Waals surface area contributed by atoms with Crippen LogP contribution in [0.5, 0.6) is 0 Å². The number of carbonyl (C=O) groups excluding carboxylic acids is 3. The second-order valence-electron chi connectivity index (χ2n) is 6.10. The Labute approximate surface area is 158 Å². The fourth-order valence-electron chi connectivity index (χ4n) is 2.76. The Morgan fingerprint density at radius 1 is 1.15 bits per heavy atom. The van der Waals surface area contributed by atoms with Crippen molar-refractivity contribution in [3.63, 3.8) is 0 Å². The van der Waals surface area contributed by atoms with Gasteiger partial charge in [-0.3, -0.25) is 14.5 Å². The minimum Gasteiger partial charge on any atom is -0.320 e. The highest BCUT2D eigenvalue weighted by molar-refractivity contribution is 6.30. The van der Waals surface area contributed by atoms with Gasteiger partial charge in [0, 0.05) is 5.02 Å². The van der Waals surface area contributed by atoms with E-state index < -0.39 is 47.3 Å². The van der Waals surface area contributed by atoms with Gasteiger partial charge in [0.15, 0.2) is 0 Å². The van der Waals surface area contributed by atoms with Gasteiger partial charge in [0.25, 0.3) is 5.91 Å². The number of carbonyl (C=O) groups is 3. The number of halogens is 3. The van der Waals surface area contributed by atoms with Crippen LogP contribution < -0.4 is 10.6 Å². The van der Waals surface area contributed by atoms with Crippen LogP contribution in [0.25, 0.3) is 0 Å². The summed E-state index contributed by atoms with van der Waals surface area (Å²) < 4.78 is 27.3. The van der Waals surface area contributed by atoms with Crippen molar-refractivity contribution in [1.82, 2.24) is 10.2 Å². The van der Waals surface area contributed by atoms with Crippen LogP contribution in [-0.2, 0) is 15.1 Å². The summed E-state index contributed by atoms with van der Waals surface area (Å²) in [5.74, 6) is -3.51. The fraction of sp³-hybridized carbons (Fsp3) is 0.167. The molecule has 1 saturated heterocycles. The molecule has 2 aromatic carbocycles. The maximum atomic E-state index is 13.6. The van der Waals surface area contributed by atoms with Crippen molar-refractivity contribution in [2.24, 2.45) is 0 Å². The predicted octanol–water partition coefficient (Wildman–Crippen LogP) is 3.02. The highest BCUT2D eigenvalue weighted by atomic mass is 35.5. The van der Waals surface area contributed by atoms with E-state index in [1.54, 1.807) is 24.3 Å². The van der Waals surface area contributed by atoms with Gasteiger partial charge in [-0.15, -0.1) is 0 Å². The van der Waals surface area contributed by atoms with E-state index in [2.05, 4.69) is 5.32 Å². The van der Waals surface area contributed by atoms with Crippen molar-refractivity contribution in [2.75, 3.05) is 11.9 Å². The Kier molecular flexibility index (Phi) is 4.84. The van der Waals surface area contributed by atoms with E-state index >= 15 is 0 Å². The summed E-state index contributed by atoms with van der Waals surface area (Å²) in [5, 5.41) is 5.03. The molecule has 1 aliphatic heterocycles. The smallest absolute Gasteiger partial charge is 0.320 e. The monoisotopic (exact) mass is 393 g/mol. The zero-order valence-corrected chi connectivity index (χ0v) is 14.8. The first kappa shape index (κ1) is 18.8. The molecule has 0 radical (unpaired) electrons. The third kappa shape index (κ3) is 3.48. The average molecular weight is 394 g/mol. The van der Waals surface area contributed by atoms with Crippen LogP contribution in [0.15, 0.2) is 42.5 Å². The van der Waals surface area contributed by atoms with Crippen LogP contribution in [0.4, 0.5) is 19.3 Å². The number of hydrogen-bond acceptors (Lipinski definition) is 3. The first-order valence-electron chi connectivity index (χ1n) is 7.86. The minimum absolute atomic E-state index is 0.460. The lowest BCUT2D eigenvalue weighted by Crippen LogP contribution is -2.42. The van der Waals surface area contributed by atoms with Gasteiger partial charge in [0.2, 0.25) is 5.91 Å². The Bertz CT molecular complexity index is 916. The molecule has 0 aliphatic carbocycles. The summed E-state index contributed by atoms with van der Waals surface area (Å²) in [7, 11) is 0. The zero-order chi connectivity index (χ0) is 19.8. The predicted molar refractivity (Wildman–Crippen MR) is 94.0 cm³/mol. The topological polar surface area (TPSA) is 78.5 Å². The van der Waals surface area contributed by atoms with E-state index in [9.17, 15) is 23.2 Å². The Hall–Kier alpha value is -3.00. The maximum absolute atomic E-state index is 13.6. The van der Waals surface area contributed by atoms with Crippen LogP contribution in [0.2, 0.25) is 5.02 Å². The quantitative estimate of drug-likeness (QED) is 0.784. The molecule has 9 heteroatoms. The van der Waals surface area contributed by atoms with Gasteiger partial charge in [0.05, 0.1) is 0 Å². The standard InChI is InChI=1S/C18H14ClF2N3O3/c1-18(10-5-7-11(19)8-6-10)16(26)24(17(27)23-18)9-14(25)22-15-12(20)3-2-4-13(15)21/h2-8H,9H2,1H3,(H,22,25)(H,23,27)/t18-/m0/s1. The second kappa shape index (κ2) is 6.96. The van der Waals surface area contributed by atoms with Crippen molar-refractivity contribution < 1.29 is 23.2 Å². The molecule has 1 atom stereocenters. The number of rotatable bonds is 4. The normalized spacial score (nSPS) is 19.2. The Balaban J connectivity index is 1.77. The van der Waals surface area contributed by atoms with Crippen molar-refractivity contribution in [2.45, 2.75) is 12.5 Å². The van der Waals surface area contributed by atoms with E-state index in [0.29, 0.717) is 15.5 Å². The van der Waals surface area contributed by atoms with E-state index in [1.165, 1.54) is 6.92 Å². The van der Waals surface area contributed by atoms with Gasteiger partial charge in [-0.1, -0.05) is 29.8 Å². The molecule has 2 aromatic rings. The largest absolute Gasteiger partial charge is 0.325 e. The molecule has 4 amide bonds. The van der Waals surface area contributed by atoms with E-state index in [0.717, 1.165) is 18.2 Å². The van der Waals surface area contributed by atoms with Crippen molar-refractivity contribution in [3.8, 4) is 0 Å². The molecule has 0 aromatic heterocycles. The molecule has 2 N–H and O–H groups in total. The summed E-state index contributed by atoms with van der Waals surface area (Å²) in [4.78, 5) is 37.7. The SMILES string of the molecule is C[C@@]1(c2ccc(Cl)cc2)NC(=O)N(CC(=O)Nc2c(F)cccc2F)C1=O. The van der Waals surface area contributed by atoms with Gasteiger partial charge < -0.3 is 10.6 Å². The lowest BCUT2D eigenvalue weighted by atomic mass is 9.92. The second-order valence-corrected chi connectivity index (χ2v) is 6.53. The van der Waals surface area contributed by atoms with Crippen LogP contribution in [-0.4, -0.2) is 29.3 Å². The summed E-state index contributed by atoms with van der Waals surface area (Å²) >= 11 is 5.83. The van der Waals surface area contributed by atoms with Gasteiger partial charge in [-0.2, -0.15) is 0 Å². The molecule has 0 saturated carbocycles. The molecule has 1 fully saturated rings. The molecule has 0 unspecified atom stereocenters. The number of amides is 4. The molecule has 1 heterocycles. The summed E-state index contributed by atoms with van der Waals surface area (Å²) in [5.41, 5.74) is -1.55. The molecule has 0 bridgehead atoms. The van der Waals surface area contributed by atoms with Gasteiger partial charge >= 0.3 is 6.03 Å². The number of hydrogen-bond donors (Lipinski definition) is 2. The lowest BCUT2D eigenvalue weighted by Gasteiger charge is -2.22. The first-order chi connectivity index (χ1) is 12.7. The average Bonchev–Trinajstić information content (AvgIpc) is 2.83. The molecular weight excluding hydrogens is 380 g/mol. The molecule has 27 heavy (non-hydrogen) atoms. The molecular formula is C18H14ClF2N3O3. The molecule has 6 nitrogen and oxygen atoms in total. The number of benzene rings is 2. The highest BCUT2D eigenvalue weighted by Crippen LogP contribution is 2.29. The maximum Gasteiger partial charge on any atom is 0.325 e. The number of nitrogens with one attached hydrogen (secondary N) is 2. The fourth-order valence-corrected chi connectivity index (χ4v) is 2.89. The summed E-state index contributed by atoms with van der Waals surface area (Å²) in [6, 6.07) is 8.61. The first-order valence-corrected chi connectivity index (χ1v) is 8.24. The number of nitrogens with zero attached hydrogens (tertiary/aromatic N) is 1. The van der Waals surface area contributed by atoms with E-state index in [4.69, 9.17) is 11.6 Å². The van der Waals surface area contributed by atoms with Crippen LogP contribution in [0.1, 0.15) is 12.5 Å². The van der Waals surface area contributed by atoms with Gasteiger partial charge in [-0.25, -0.2) is 13.6 Å². The minimum atomic E-state index is -1.38.